The normalized spacial score (nSPS) is 10.4. The Bertz CT molecular complexity index is 276. The summed E-state index contributed by atoms with van der Waals surface area (Å²) in [5.41, 5.74) is 0. The molecule has 0 aliphatic carbocycles. The van der Waals surface area contributed by atoms with Crippen molar-refractivity contribution in [3.63, 3.8) is 0 Å². The number of ether oxygens (including phenoxy) is 1. The van der Waals surface area contributed by atoms with Crippen LogP contribution in [0, 0.1) is 0 Å². The highest BCUT2D eigenvalue weighted by molar-refractivity contribution is 7.11. The van der Waals surface area contributed by atoms with Gasteiger partial charge in [0.2, 0.25) is 0 Å². The van der Waals surface area contributed by atoms with E-state index in [-0.39, 0.29) is 0 Å². The Hall–Kier alpha value is -1.09. The third-order valence-electron chi connectivity index (χ3n) is 1.28. The summed E-state index contributed by atoms with van der Waals surface area (Å²) in [4.78, 5) is 11.0. The number of thiophene rings is 1. The Morgan fingerprint density at radius 1 is 1.67 bits per heavy atom. The molecule has 0 aliphatic heterocycles. The zero-order valence-corrected chi connectivity index (χ0v) is 7.64. The van der Waals surface area contributed by atoms with Crippen molar-refractivity contribution < 1.29 is 9.53 Å². The molecule has 0 amide bonds. The first-order chi connectivity index (χ1) is 5.88. The molecule has 0 radical (unpaired) electrons. The minimum absolute atomic E-state index is 0.651. The first kappa shape index (κ1) is 9.00. The highest BCUT2D eigenvalue weighted by Crippen LogP contribution is 2.25. The van der Waals surface area contributed by atoms with Crippen molar-refractivity contribution in [2.75, 3.05) is 6.61 Å². The standard InChI is InChI=1S/C9H10O2S/c1-2-11-8-5-7-12-9(8)4-3-6-10/h3-7H,2H2,1H3/b4-3+. The van der Waals surface area contributed by atoms with E-state index in [0.29, 0.717) is 6.61 Å². The SMILES string of the molecule is CCOc1ccsc1/C=C/C=O. The molecule has 0 saturated carbocycles. The van der Waals surface area contributed by atoms with Gasteiger partial charge in [-0.3, -0.25) is 4.79 Å². The molecule has 0 aromatic carbocycles. The predicted octanol–water partition coefficient (Wildman–Crippen LogP) is 2.36. The van der Waals surface area contributed by atoms with Gasteiger partial charge in [-0.1, -0.05) is 0 Å². The van der Waals surface area contributed by atoms with Crippen molar-refractivity contribution in [3.05, 3.63) is 22.4 Å². The quantitative estimate of drug-likeness (QED) is 0.528. The van der Waals surface area contributed by atoms with Crippen molar-refractivity contribution in [2.45, 2.75) is 6.92 Å². The first-order valence-corrected chi connectivity index (χ1v) is 4.58. The van der Waals surface area contributed by atoms with Crippen LogP contribution in [0.4, 0.5) is 0 Å². The second-order valence-electron chi connectivity index (χ2n) is 2.08. The molecule has 1 aromatic rings. The van der Waals surface area contributed by atoms with Crippen LogP contribution in [-0.4, -0.2) is 12.9 Å². The molecule has 0 unspecified atom stereocenters. The topological polar surface area (TPSA) is 26.3 Å². The molecule has 3 heteroatoms. The fourth-order valence-electron chi connectivity index (χ4n) is 0.832. The van der Waals surface area contributed by atoms with E-state index < -0.39 is 0 Å². The molecule has 12 heavy (non-hydrogen) atoms. The van der Waals surface area contributed by atoms with Gasteiger partial charge in [0.15, 0.2) is 0 Å². The van der Waals surface area contributed by atoms with E-state index in [1.165, 1.54) is 6.08 Å². The molecule has 0 spiro atoms. The number of allylic oxidation sites excluding steroid dienone is 1. The fourth-order valence-corrected chi connectivity index (χ4v) is 1.57. The summed E-state index contributed by atoms with van der Waals surface area (Å²) in [6.45, 7) is 2.59. The molecule has 0 aliphatic rings. The largest absolute Gasteiger partial charge is 0.492 e. The van der Waals surface area contributed by atoms with Crippen molar-refractivity contribution in [3.8, 4) is 5.75 Å². The maximum Gasteiger partial charge on any atom is 0.142 e. The number of hydrogen-bond donors (Lipinski definition) is 0. The predicted molar refractivity (Wildman–Crippen MR) is 50.6 cm³/mol. The van der Waals surface area contributed by atoms with Crippen molar-refractivity contribution in [1.82, 2.24) is 0 Å². The van der Waals surface area contributed by atoms with Gasteiger partial charge in [0.25, 0.3) is 0 Å². The number of aldehydes is 1. The van der Waals surface area contributed by atoms with Crippen LogP contribution in [0.1, 0.15) is 11.8 Å². The molecular formula is C9H10O2S. The van der Waals surface area contributed by atoms with Gasteiger partial charge in [0, 0.05) is 0 Å². The van der Waals surface area contributed by atoms with E-state index in [1.54, 1.807) is 17.4 Å². The highest BCUT2D eigenvalue weighted by atomic mass is 32.1. The van der Waals surface area contributed by atoms with E-state index in [2.05, 4.69) is 0 Å². The van der Waals surface area contributed by atoms with Crippen LogP contribution >= 0.6 is 11.3 Å². The third kappa shape index (κ3) is 2.20. The van der Waals surface area contributed by atoms with Gasteiger partial charge < -0.3 is 4.74 Å². The molecule has 0 bridgehead atoms. The number of carbonyl (C=O) groups excluding carboxylic acids is 1. The number of rotatable bonds is 4. The van der Waals surface area contributed by atoms with E-state index in [9.17, 15) is 4.79 Å². The lowest BCUT2D eigenvalue weighted by molar-refractivity contribution is -0.104. The van der Waals surface area contributed by atoms with E-state index in [0.717, 1.165) is 16.9 Å². The second kappa shape index (κ2) is 4.72. The van der Waals surface area contributed by atoms with Crippen molar-refractivity contribution in [1.29, 1.82) is 0 Å². The Morgan fingerprint density at radius 3 is 3.17 bits per heavy atom. The van der Waals surface area contributed by atoms with E-state index >= 15 is 0 Å². The van der Waals surface area contributed by atoms with Gasteiger partial charge >= 0.3 is 0 Å². The summed E-state index contributed by atoms with van der Waals surface area (Å²) >= 11 is 1.56. The fraction of sp³-hybridized carbons (Fsp3) is 0.222. The maximum absolute atomic E-state index is 10.0. The summed E-state index contributed by atoms with van der Waals surface area (Å²) in [6.07, 6.45) is 3.98. The lowest BCUT2D eigenvalue weighted by Gasteiger charge is -1.99. The molecule has 2 nitrogen and oxygen atoms in total. The molecule has 0 saturated heterocycles. The minimum Gasteiger partial charge on any atom is -0.492 e. The summed E-state index contributed by atoms with van der Waals surface area (Å²) in [7, 11) is 0. The Kier molecular flexibility index (Phi) is 3.54. The van der Waals surface area contributed by atoms with Crippen LogP contribution in [0.5, 0.6) is 5.75 Å². The summed E-state index contributed by atoms with van der Waals surface area (Å²) < 4.78 is 5.32. The van der Waals surface area contributed by atoms with Gasteiger partial charge in [-0.25, -0.2) is 0 Å². The Labute approximate surface area is 75.5 Å². The molecule has 1 heterocycles. The van der Waals surface area contributed by atoms with Crippen LogP contribution in [-0.2, 0) is 4.79 Å². The zero-order valence-electron chi connectivity index (χ0n) is 6.82. The maximum atomic E-state index is 10.0. The number of carbonyl (C=O) groups is 1. The molecule has 0 atom stereocenters. The molecule has 1 rings (SSSR count). The van der Waals surface area contributed by atoms with Crippen LogP contribution in [0.15, 0.2) is 17.5 Å². The molecule has 64 valence electrons. The molecular weight excluding hydrogens is 172 g/mol. The van der Waals surface area contributed by atoms with Crippen LogP contribution < -0.4 is 4.74 Å². The highest BCUT2D eigenvalue weighted by Gasteiger charge is 1.99. The average molecular weight is 182 g/mol. The van der Waals surface area contributed by atoms with Gasteiger partial charge in [-0.05, 0) is 30.5 Å². The van der Waals surface area contributed by atoms with E-state index in [1.807, 2.05) is 18.4 Å². The minimum atomic E-state index is 0.651. The second-order valence-corrected chi connectivity index (χ2v) is 3.03. The lowest BCUT2D eigenvalue weighted by atomic mass is 10.4. The number of hydrogen-bond acceptors (Lipinski definition) is 3. The van der Waals surface area contributed by atoms with Crippen LogP contribution in [0.3, 0.4) is 0 Å². The Balaban J connectivity index is 2.76. The first-order valence-electron chi connectivity index (χ1n) is 3.70. The van der Waals surface area contributed by atoms with Gasteiger partial charge in [0.1, 0.15) is 12.0 Å². The molecule has 0 fully saturated rings. The third-order valence-corrected chi connectivity index (χ3v) is 2.15. The summed E-state index contributed by atoms with van der Waals surface area (Å²) in [6, 6.07) is 1.90. The van der Waals surface area contributed by atoms with Crippen LogP contribution in [0.2, 0.25) is 0 Å². The molecule has 0 N–H and O–H groups in total. The molecule has 1 aromatic heterocycles. The summed E-state index contributed by atoms with van der Waals surface area (Å²) in [5.74, 6) is 0.848. The Morgan fingerprint density at radius 2 is 2.50 bits per heavy atom. The van der Waals surface area contributed by atoms with E-state index in [4.69, 9.17) is 4.74 Å². The average Bonchev–Trinajstić information content (AvgIpc) is 2.50. The monoisotopic (exact) mass is 182 g/mol. The smallest absolute Gasteiger partial charge is 0.142 e. The van der Waals surface area contributed by atoms with Crippen LogP contribution in [0.25, 0.3) is 6.08 Å². The van der Waals surface area contributed by atoms with Gasteiger partial charge in [-0.15, -0.1) is 11.3 Å². The van der Waals surface area contributed by atoms with Gasteiger partial charge in [-0.2, -0.15) is 0 Å². The van der Waals surface area contributed by atoms with Crippen molar-refractivity contribution >= 4 is 23.7 Å². The zero-order chi connectivity index (χ0) is 8.81. The van der Waals surface area contributed by atoms with Crippen molar-refractivity contribution in [2.24, 2.45) is 0 Å². The lowest BCUT2D eigenvalue weighted by Crippen LogP contribution is -1.90. The summed E-state index contributed by atoms with van der Waals surface area (Å²) in [5, 5.41) is 1.94. The van der Waals surface area contributed by atoms with Gasteiger partial charge in [0.05, 0.1) is 11.5 Å².